The average molecular weight is 295 g/mol. The molecule has 3 nitrogen and oxygen atoms in total. The molecule has 1 rings (SSSR count). The van der Waals surface area contributed by atoms with Crippen LogP contribution in [-0.2, 0) is 9.59 Å². The molecule has 0 spiro atoms. The van der Waals surface area contributed by atoms with Gasteiger partial charge in [0.15, 0.2) is 0 Å². The summed E-state index contributed by atoms with van der Waals surface area (Å²) in [4.78, 5) is 20.2. The van der Waals surface area contributed by atoms with Crippen LogP contribution in [0, 0.1) is 0 Å². The maximum Gasteiger partial charge on any atom is 0.493 e. The number of carbonyl (C=O) groups is 2. The van der Waals surface area contributed by atoms with E-state index in [0.29, 0.717) is 0 Å². The molecule has 0 saturated carbocycles. The van der Waals surface area contributed by atoms with E-state index in [9.17, 15) is 22.8 Å². The normalized spacial score (nSPS) is 18.1. The fraction of sp³-hybridized carbons (Fsp3) is 0.600. The highest BCUT2D eigenvalue weighted by Crippen LogP contribution is 2.27. The molecule has 0 unspecified atom stereocenters. The Bertz CT molecular complexity index is 199. The van der Waals surface area contributed by atoms with Gasteiger partial charge in [-0.25, -0.2) is 0 Å². The minimum atomic E-state index is -4.84. The van der Waals surface area contributed by atoms with Gasteiger partial charge in [0.25, 0.3) is 0 Å². The number of hydrogen-bond donors (Lipinski definition) is 0. The summed E-state index contributed by atoms with van der Waals surface area (Å²) in [6.45, 7) is 0. The van der Waals surface area contributed by atoms with E-state index in [4.69, 9.17) is 0 Å². The molecule has 1 saturated heterocycles. The average Bonchev–Trinajstić information content (AvgIpc) is 2.08. The van der Waals surface area contributed by atoms with E-state index in [1.54, 1.807) is 0 Å². The molecule has 0 aromatic heterocycles. The minimum absolute atomic E-state index is 0. The Morgan fingerprint density at radius 1 is 1.08 bits per heavy atom. The van der Waals surface area contributed by atoms with Crippen LogP contribution in [0.15, 0.2) is 0 Å². The summed E-state index contributed by atoms with van der Waals surface area (Å²) in [5.74, 6) is -2.33. The van der Waals surface area contributed by atoms with Crippen LogP contribution in [0.5, 0.6) is 0 Å². The van der Waals surface area contributed by atoms with Gasteiger partial charge in [-0.05, 0) is 0 Å². The van der Waals surface area contributed by atoms with Crippen LogP contribution in [0.1, 0.15) is 12.8 Å². The van der Waals surface area contributed by atoms with E-state index in [1.807, 2.05) is 0 Å². The van der Waals surface area contributed by atoms with E-state index in [-0.39, 0.29) is 36.8 Å². The Hall–Kier alpha value is -0.340. The molecule has 1 heterocycles. The van der Waals surface area contributed by atoms with Crippen molar-refractivity contribution in [3.05, 3.63) is 0 Å². The van der Waals surface area contributed by atoms with Gasteiger partial charge in [-0.2, -0.15) is 4.90 Å². The number of carbonyl (C=O) groups excluding carboxylic acids is 2. The van der Waals surface area contributed by atoms with Gasteiger partial charge in [-0.15, -0.1) is 37.1 Å². The number of hydrogen-bond acceptors (Lipinski definition) is 2. The van der Waals surface area contributed by atoms with Gasteiger partial charge >= 0.3 is 6.30 Å². The maximum absolute atomic E-state index is 11.7. The molecular weight excluding hydrogens is 290 g/mol. The number of alkyl halides is 3. The van der Waals surface area contributed by atoms with Crippen molar-refractivity contribution in [2.45, 2.75) is 19.1 Å². The molecule has 2 amide bonds. The van der Waals surface area contributed by atoms with Gasteiger partial charge in [-0.3, -0.25) is 9.59 Å². The molecule has 1 fully saturated rings. The van der Waals surface area contributed by atoms with Crippen molar-refractivity contribution < 1.29 is 22.8 Å². The standard InChI is InChI=1S/C5H4F3NO2.HI/c6-5(7,8)9-3(10)1-2-4(9)11;/h1-2H2;1H. The third kappa shape index (κ3) is 2.08. The van der Waals surface area contributed by atoms with Crippen molar-refractivity contribution >= 4 is 35.8 Å². The largest absolute Gasteiger partial charge is 0.493 e. The predicted octanol–water partition coefficient (Wildman–Crippen LogP) is 1.27. The molecule has 0 atom stereocenters. The lowest BCUT2D eigenvalue weighted by Gasteiger charge is -2.16. The summed E-state index contributed by atoms with van der Waals surface area (Å²) >= 11 is 0. The molecule has 0 aromatic carbocycles. The zero-order chi connectivity index (χ0) is 8.65. The highest BCUT2D eigenvalue weighted by atomic mass is 127. The van der Waals surface area contributed by atoms with Crippen molar-refractivity contribution in [3.8, 4) is 0 Å². The Balaban J connectivity index is 0.00000121. The van der Waals surface area contributed by atoms with Gasteiger partial charge in [-0.1, -0.05) is 0 Å². The lowest BCUT2D eigenvalue weighted by Crippen LogP contribution is -2.41. The van der Waals surface area contributed by atoms with Crippen molar-refractivity contribution in [2.24, 2.45) is 0 Å². The second-order valence-corrected chi connectivity index (χ2v) is 2.09. The minimum Gasteiger partial charge on any atom is -0.274 e. The van der Waals surface area contributed by atoms with Gasteiger partial charge in [0.05, 0.1) is 0 Å². The number of amides is 2. The quantitative estimate of drug-likeness (QED) is 0.383. The van der Waals surface area contributed by atoms with E-state index >= 15 is 0 Å². The molecule has 7 heteroatoms. The second-order valence-electron chi connectivity index (χ2n) is 2.09. The van der Waals surface area contributed by atoms with Crippen LogP contribution in [0.25, 0.3) is 0 Å². The lowest BCUT2D eigenvalue weighted by molar-refractivity contribution is -0.232. The highest BCUT2D eigenvalue weighted by molar-refractivity contribution is 14.0. The summed E-state index contributed by atoms with van der Waals surface area (Å²) in [7, 11) is 0. The zero-order valence-corrected chi connectivity index (χ0v) is 8.05. The van der Waals surface area contributed by atoms with Gasteiger partial charge < -0.3 is 0 Å². The van der Waals surface area contributed by atoms with E-state index in [1.165, 1.54) is 0 Å². The molecule has 12 heavy (non-hydrogen) atoms. The molecular formula is C5H5F3INO2. The summed E-state index contributed by atoms with van der Waals surface area (Å²) in [5.41, 5.74) is 0. The molecule has 70 valence electrons. The van der Waals surface area contributed by atoms with Crippen LogP contribution in [0.4, 0.5) is 13.2 Å². The Labute approximate surface area is 82.9 Å². The first-order valence-corrected chi connectivity index (χ1v) is 2.85. The van der Waals surface area contributed by atoms with E-state index < -0.39 is 23.0 Å². The maximum atomic E-state index is 11.7. The van der Waals surface area contributed by atoms with Crippen LogP contribution >= 0.6 is 24.0 Å². The predicted molar refractivity (Wildman–Crippen MR) is 42.6 cm³/mol. The first-order valence-electron chi connectivity index (χ1n) is 2.85. The third-order valence-corrected chi connectivity index (χ3v) is 1.31. The molecule has 0 aliphatic carbocycles. The topological polar surface area (TPSA) is 37.4 Å². The number of nitrogens with zero attached hydrogens (tertiary/aromatic N) is 1. The monoisotopic (exact) mass is 295 g/mol. The van der Waals surface area contributed by atoms with Crippen molar-refractivity contribution in [1.29, 1.82) is 0 Å². The first kappa shape index (κ1) is 11.7. The molecule has 1 aliphatic rings. The number of likely N-dealkylation sites (tertiary alicyclic amines) is 1. The lowest BCUT2D eigenvalue weighted by atomic mass is 10.4. The highest BCUT2D eigenvalue weighted by Gasteiger charge is 2.48. The number of halogens is 4. The second kappa shape index (κ2) is 3.58. The summed E-state index contributed by atoms with van der Waals surface area (Å²) in [6, 6.07) is 0. The summed E-state index contributed by atoms with van der Waals surface area (Å²) in [6.07, 6.45) is -5.51. The first-order chi connectivity index (χ1) is 4.93. The number of rotatable bonds is 0. The van der Waals surface area contributed by atoms with Crippen LogP contribution in [-0.4, -0.2) is 23.0 Å². The van der Waals surface area contributed by atoms with Crippen LogP contribution in [0.2, 0.25) is 0 Å². The Kier molecular flexibility index (Phi) is 3.48. The van der Waals surface area contributed by atoms with Crippen LogP contribution in [0.3, 0.4) is 0 Å². The molecule has 1 aliphatic heterocycles. The van der Waals surface area contributed by atoms with Crippen molar-refractivity contribution in [1.82, 2.24) is 4.90 Å². The van der Waals surface area contributed by atoms with Crippen molar-refractivity contribution in [2.75, 3.05) is 0 Å². The van der Waals surface area contributed by atoms with Crippen LogP contribution < -0.4 is 0 Å². The third-order valence-electron chi connectivity index (χ3n) is 1.31. The number of imide groups is 1. The summed E-state index contributed by atoms with van der Waals surface area (Å²) in [5, 5.41) is 0. The smallest absolute Gasteiger partial charge is 0.274 e. The van der Waals surface area contributed by atoms with Gasteiger partial charge in [0.2, 0.25) is 11.8 Å². The fourth-order valence-electron chi connectivity index (χ4n) is 0.859. The van der Waals surface area contributed by atoms with Gasteiger partial charge in [0.1, 0.15) is 0 Å². The molecule has 0 N–H and O–H groups in total. The molecule has 0 bridgehead atoms. The Morgan fingerprint density at radius 3 is 1.58 bits per heavy atom. The van der Waals surface area contributed by atoms with E-state index in [2.05, 4.69) is 0 Å². The molecule has 0 aromatic rings. The molecule has 0 radical (unpaired) electrons. The van der Waals surface area contributed by atoms with Gasteiger partial charge in [0, 0.05) is 12.8 Å². The van der Waals surface area contributed by atoms with E-state index in [0.717, 1.165) is 0 Å². The van der Waals surface area contributed by atoms with Crippen molar-refractivity contribution in [3.63, 3.8) is 0 Å². The SMILES string of the molecule is I.O=C1CCC(=O)N1C(F)(F)F. The zero-order valence-electron chi connectivity index (χ0n) is 5.72. The fourth-order valence-corrected chi connectivity index (χ4v) is 0.859. The Morgan fingerprint density at radius 2 is 1.42 bits per heavy atom. The summed E-state index contributed by atoms with van der Waals surface area (Å²) < 4.78 is 35.2.